The van der Waals surface area contributed by atoms with Gasteiger partial charge in [0, 0.05) is 27.4 Å². The van der Waals surface area contributed by atoms with E-state index in [4.69, 9.17) is 4.42 Å². The molecule has 0 saturated heterocycles. The Morgan fingerprint density at radius 3 is 1.63 bits per heavy atom. The van der Waals surface area contributed by atoms with Gasteiger partial charge in [0.2, 0.25) is 0 Å². The Balaban J connectivity index is 1.24. The molecule has 2 nitrogen and oxygen atoms in total. The van der Waals surface area contributed by atoms with Gasteiger partial charge >= 0.3 is 0 Å². The van der Waals surface area contributed by atoms with Crippen LogP contribution in [0.5, 0.6) is 0 Å². The van der Waals surface area contributed by atoms with E-state index in [-0.39, 0.29) is 0 Å². The summed E-state index contributed by atoms with van der Waals surface area (Å²) in [5.74, 6) is 0. The number of anilines is 3. The first-order chi connectivity index (χ1) is 26.8. The minimum absolute atomic E-state index is 0.898. The summed E-state index contributed by atoms with van der Waals surface area (Å²) in [5.41, 5.74) is 14.5. The van der Waals surface area contributed by atoms with Gasteiger partial charge in [-0.1, -0.05) is 176 Å². The molecule has 10 aromatic rings. The fraction of sp³-hybridized carbons (Fsp3) is 0. The summed E-state index contributed by atoms with van der Waals surface area (Å²) in [4.78, 5) is 2.45. The topological polar surface area (TPSA) is 16.4 Å². The molecular weight excluding hydrogens is 655 g/mol. The van der Waals surface area contributed by atoms with Gasteiger partial charge in [0.15, 0.2) is 0 Å². The highest BCUT2D eigenvalue weighted by molar-refractivity contribution is 6.12. The Hall–Kier alpha value is -7.16. The van der Waals surface area contributed by atoms with E-state index in [9.17, 15) is 0 Å². The van der Waals surface area contributed by atoms with Crippen LogP contribution in [-0.2, 0) is 0 Å². The summed E-state index contributed by atoms with van der Waals surface area (Å²) < 4.78 is 6.27. The van der Waals surface area contributed by atoms with Gasteiger partial charge in [-0.05, 0) is 80.7 Å². The van der Waals surface area contributed by atoms with Crippen molar-refractivity contribution >= 4 is 49.8 Å². The molecular formula is C52H35NO. The Kier molecular flexibility index (Phi) is 7.85. The van der Waals surface area contributed by atoms with Crippen molar-refractivity contribution in [1.29, 1.82) is 0 Å². The number of nitrogens with zero attached hydrogens (tertiary/aromatic N) is 1. The predicted octanol–water partition coefficient (Wildman–Crippen LogP) is 14.9. The fourth-order valence-electron chi connectivity index (χ4n) is 8.05. The number of para-hydroxylation sites is 1. The number of hydrogen-bond donors (Lipinski definition) is 0. The van der Waals surface area contributed by atoms with Crippen LogP contribution >= 0.6 is 0 Å². The SMILES string of the molecule is c1ccc(-c2ccccc2-c2c(-c3ccccc3)cccc2N(c2ccc(-c3cccc4oc5ccccc5c34)cc2)c2cccc3ccccc23)cc1. The standard InChI is InChI=1S/C52H35NO/c1-3-16-36(17-4-1)41-22-9-10-24-45(41)51-43(38-18-5-2-6-19-38)26-14-29-48(51)53(47-28-13-21-37-20-7-8-23-42(37)47)40-34-32-39(33-35-40)44-27-15-31-50-52(44)46-25-11-12-30-49(46)54-50/h1-35H. The highest BCUT2D eigenvalue weighted by Crippen LogP contribution is 2.49. The molecule has 254 valence electrons. The quantitative estimate of drug-likeness (QED) is 0.166. The zero-order chi connectivity index (χ0) is 35.8. The molecule has 2 heteroatoms. The summed E-state index contributed by atoms with van der Waals surface area (Å²) in [7, 11) is 0. The van der Waals surface area contributed by atoms with Crippen LogP contribution in [0, 0.1) is 0 Å². The minimum Gasteiger partial charge on any atom is -0.456 e. The number of hydrogen-bond acceptors (Lipinski definition) is 2. The Labute approximate surface area is 314 Å². The van der Waals surface area contributed by atoms with Crippen LogP contribution in [0.15, 0.2) is 217 Å². The molecule has 0 spiro atoms. The lowest BCUT2D eigenvalue weighted by Crippen LogP contribution is -2.12. The molecule has 0 radical (unpaired) electrons. The Morgan fingerprint density at radius 1 is 0.315 bits per heavy atom. The van der Waals surface area contributed by atoms with Crippen LogP contribution < -0.4 is 4.90 Å². The molecule has 0 atom stereocenters. The van der Waals surface area contributed by atoms with Crippen molar-refractivity contribution in [3.63, 3.8) is 0 Å². The second-order valence-electron chi connectivity index (χ2n) is 13.6. The first-order valence-electron chi connectivity index (χ1n) is 18.4. The lowest BCUT2D eigenvalue weighted by atomic mass is 9.87. The van der Waals surface area contributed by atoms with Crippen LogP contribution in [0.3, 0.4) is 0 Å². The second kappa shape index (κ2) is 13.4. The van der Waals surface area contributed by atoms with Gasteiger partial charge in [0.05, 0.1) is 11.4 Å². The number of benzene rings is 9. The van der Waals surface area contributed by atoms with Gasteiger partial charge in [-0.25, -0.2) is 0 Å². The first-order valence-corrected chi connectivity index (χ1v) is 18.4. The smallest absolute Gasteiger partial charge is 0.136 e. The first kappa shape index (κ1) is 31.6. The van der Waals surface area contributed by atoms with Gasteiger partial charge in [-0.3, -0.25) is 0 Å². The molecule has 0 aliphatic carbocycles. The molecule has 0 aliphatic heterocycles. The van der Waals surface area contributed by atoms with Crippen LogP contribution in [0.1, 0.15) is 0 Å². The molecule has 0 amide bonds. The molecule has 0 N–H and O–H groups in total. The van der Waals surface area contributed by atoms with E-state index in [1.807, 2.05) is 12.1 Å². The highest BCUT2D eigenvalue weighted by Gasteiger charge is 2.24. The van der Waals surface area contributed by atoms with E-state index in [0.717, 1.165) is 50.1 Å². The normalized spacial score (nSPS) is 11.3. The van der Waals surface area contributed by atoms with E-state index in [1.165, 1.54) is 44.2 Å². The summed E-state index contributed by atoms with van der Waals surface area (Å²) >= 11 is 0. The fourth-order valence-corrected chi connectivity index (χ4v) is 8.05. The molecule has 0 aliphatic rings. The molecule has 0 unspecified atom stereocenters. The molecule has 1 heterocycles. The molecule has 0 fully saturated rings. The number of furan rings is 1. The lowest BCUT2D eigenvalue weighted by Gasteiger charge is -2.31. The van der Waals surface area contributed by atoms with Crippen molar-refractivity contribution in [2.75, 3.05) is 4.90 Å². The van der Waals surface area contributed by atoms with Crippen molar-refractivity contribution in [3.8, 4) is 44.5 Å². The van der Waals surface area contributed by atoms with E-state index in [2.05, 4.69) is 205 Å². The molecule has 0 saturated carbocycles. The maximum absolute atomic E-state index is 6.27. The van der Waals surface area contributed by atoms with Gasteiger partial charge < -0.3 is 9.32 Å². The van der Waals surface area contributed by atoms with Crippen molar-refractivity contribution in [2.45, 2.75) is 0 Å². The van der Waals surface area contributed by atoms with Gasteiger partial charge in [-0.2, -0.15) is 0 Å². The van der Waals surface area contributed by atoms with E-state index < -0.39 is 0 Å². The van der Waals surface area contributed by atoms with E-state index >= 15 is 0 Å². The maximum Gasteiger partial charge on any atom is 0.136 e. The summed E-state index contributed by atoms with van der Waals surface area (Å²) in [6.07, 6.45) is 0. The van der Waals surface area contributed by atoms with Crippen LogP contribution in [0.25, 0.3) is 77.2 Å². The monoisotopic (exact) mass is 689 g/mol. The zero-order valence-electron chi connectivity index (χ0n) is 29.6. The predicted molar refractivity (Wildman–Crippen MR) is 228 cm³/mol. The average Bonchev–Trinajstić information content (AvgIpc) is 3.64. The third-order valence-electron chi connectivity index (χ3n) is 10.5. The molecule has 0 bridgehead atoms. The second-order valence-corrected chi connectivity index (χ2v) is 13.6. The summed E-state index contributed by atoms with van der Waals surface area (Å²) in [6.45, 7) is 0. The molecule has 54 heavy (non-hydrogen) atoms. The lowest BCUT2D eigenvalue weighted by molar-refractivity contribution is 0.669. The number of rotatable bonds is 7. The van der Waals surface area contributed by atoms with E-state index in [1.54, 1.807) is 0 Å². The van der Waals surface area contributed by atoms with Crippen LogP contribution in [0.2, 0.25) is 0 Å². The Morgan fingerprint density at radius 2 is 0.833 bits per heavy atom. The van der Waals surface area contributed by atoms with Crippen molar-refractivity contribution in [3.05, 3.63) is 212 Å². The Bertz CT molecular complexity index is 2920. The maximum atomic E-state index is 6.27. The third-order valence-corrected chi connectivity index (χ3v) is 10.5. The van der Waals surface area contributed by atoms with E-state index in [0.29, 0.717) is 0 Å². The van der Waals surface area contributed by atoms with Crippen molar-refractivity contribution in [1.82, 2.24) is 0 Å². The summed E-state index contributed by atoms with van der Waals surface area (Å²) in [5, 5.41) is 4.65. The van der Waals surface area contributed by atoms with Crippen molar-refractivity contribution < 1.29 is 4.42 Å². The number of fused-ring (bicyclic) bond motifs is 4. The van der Waals surface area contributed by atoms with Crippen LogP contribution in [-0.4, -0.2) is 0 Å². The largest absolute Gasteiger partial charge is 0.456 e. The highest BCUT2D eigenvalue weighted by atomic mass is 16.3. The van der Waals surface area contributed by atoms with Crippen molar-refractivity contribution in [2.24, 2.45) is 0 Å². The van der Waals surface area contributed by atoms with Gasteiger partial charge in [0.25, 0.3) is 0 Å². The molecule has 10 rings (SSSR count). The molecule has 9 aromatic carbocycles. The minimum atomic E-state index is 0.898. The summed E-state index contributed by atoms with van der Waals surface area (Å²) in [6, 6.07) is 76.0. The zero-order valence-corrected chi connectivity index (χ0v) is 29.6. The average molecular weight is 690 g/mol. The third kappa shape index (κ3) is 5.44. The van der Waals surface area contributed by atoms with Crippen LogP contribution in [0.4, 0.5) is 17.1 Å². The van der Waals surface area contributed by atoms with Gasteiger partial charge in [-0.15, -0.1) is 0 Å². The van der Waals surface area contributed by atoms with Gasteiger partial charge in [0.1, 0.15) is 11.2 Å². The molecule has 1 aromatic heterocycles.